The van der Waals surface area contributed by atoms with Crippen LogP contribution in [0.3, 0.4) is 0 Å². The minimum Gasteiger partial charge on any atom is -0.346 e. The average molecular weight is 176 g/mol. The highest BCUT2D eigenvalue weighted by Gasteiger charge is 2.11. The van der Waals surface area contributed by atoms with Crippen molar-refractivity contribution in [1.82, 2.24) is 0 Å². The van der Waals surface area contributed by atoms with Crippen LogP contribution in [0.4, 0.5) is 0 Å². The maximum atomic E-state index is 9.21. The highest BCUT2D eigenvalue weighted by Crippen LogP contribution is 2.05. The van der Waals surface area contributed by atoms with E-state index in [1.165, 1.54) is 0 Å². The Balaban J connectivity index is 3.51. The fourth-order valence-electron chi connectivity index (χ4n) is 0.622. The van der Waals surface area contributed by atoms with E-state index >= 15 is 0 Å². The van der Waals surface area contributed by atoms with Gasteiger partial charge in [-0.25, -0.2) is 0 Å². The highest BCUT2D eigenvalue weighted by atomic mass is 16.8. The molecule has 0 aromatic carbocycles. The van der Waals surface area contributed by atoms with E-state index in [2.05, 4.69) is 0 Å². The molecule has 2 atom stereocenters. The quantitative estimate of drug-likeness (QED) is 0.628. The molecule has 12 heavy (non-hydrogen) atoms. The maximum absolute atomic E-state index is 9.21. The Bertz CT molecular complexity index is 93.9. The number of aliphatic hydroxyl groups excluding tert-OH is 1. The smallest absolute Gasteiger partial charge is 0.269 e. The van der Waals surface area contributed by atoms with Crippen molar-refractivity contribution < 1.29 is 14.6 Å². The third-order valence-corrected chi connectivity index (χ3v) is 1.85. The highest BCUT2D eigenvalue weighted by molar-refractivity contribution is 4.46. The van der Waals surface area contributed by atoms with Gasteiger partial charge < -0.3 is 14.6 Å². The predicted octanol–water partition coefficient (Wildman–Crippen LogP) is 1.89. The van der Waals surface area contributed by atoms with Gasteiger partial charge in [0.25, 0.3) is 6.48 Å². The van der Waals surface area contributed by atoms with Gasteiger partial charge in [0.05, 0.1) is 12.2 Å². The van der Waals surface area contributed by atoms with E-state index in [1.54, 1.807) is 0 Å². The Morgan fingerprint density at radius 2 is 1.33 bits per heavy atom. The van der Waals surface area contributed by atoms with E-state index < -0.39 is 6.48 Å². The van der Waals surface area contributed by atoms with E-state index in [1.807, 2.05) is 27.7 Å². The zero-order valence-electron chi connectivity index (χ0n) is 8.41. The second kappa shape index (κ2) is 6.40. The molecule has 0 aromatic heterocycles. The Morgan fingerprint density at radius 3 is 1.58 bits per heavy atom. The van der Waals surface area contributed by atoms with Crippen LogP contribution in [-0.2, 0) is 9.47 Å². The summed E-state index contributed by atoms with van der Waals surface area (Å²) in [5.41, 5.74) is 0. The number of aliphatic hydroxyl groups is 1. The summed E-state index contributed by atoms with van der Waals surface area (Å²) < 4.78 is 10.2. The molecule has 0 aliphatic carbocycles. The predicted molar refractivity (Wildman–Crippen MR) is 47.7 cm³/mol. The fraction of sp³-hybridized carbons (Fsp3) is 1.00. The van der Waals surface area contributed by atoms with E-state index in [-0.39, 0.29) is 12.2 Å². The monoisotopic (exact) mass is 176 g/mol. The summed E-state index contributed by atoms with van der Waals surface area (Å²) in [7, 11) is 0. The Hall–Kier alpha value is -0.120. The van der Waals surface area contributed by atoms with Crippen molar-refractivity contribution in [2.45, 2.75) is 59.2 Å². The number of ether oxygens (including phenoxy) is 2. The molecule has 2 unspecified atom stereocenters. The lowest BCUT2D eigenvalue weighted by Crippen LogP contribution is -2.25. The first-order valence-corrected chi connectivity index (χ1v) is 4.59. The summed E-state index contributed by atoms with van der Waals surface area (Å²) in [4.78, 5) is 0. The van der Waals surface area contributed by atoms with Gasteiger partial charge in [-0.15, -0.1) is 0 Å². The molecule has 3 nitrogen and oxygen atoms in total. The van der Waals surface area contributed by atoms with Gasteiger partial charge in [-0.1, -0.05) is 13.8 Å². The molecule has 0 saturated heterocycles. The van der Waals surface area contributed by atoms with Gasteiger partial charge in [0.1, 0.15) is 0 Å². The van der Waals surface area contributed by atoms with Gasteiger partial charge in [-0.05, 0) is 26.7 Å². The van der Waals surface area contributed by atoms with Gasteiger partial charge >= 0.3 is 0 Å². The largest absolute Gasteiger partial charge is 0.346 e. The van der Waals surface area contributed by atoms with Crippen LogP contribution in [0.5, 0.6) is 0 Å². The normalized spacial score (nSPS) is 18.8. The SMILES string of the molecule is CCC(C)OC(O)OC(C)CC. The van der Waals surface area contributed by atoms with Crippen molar-refractivity contribution in [2.75, 3.05) is 0 Å². The zero-order valence-corrected chi connectivity index (χ0v) is 8.41. The van der Waals surface area contributed by atoms with E-state index in [0.29, 0.717) is 0 Å². The molecule has 74 valence electrons. The van der Waals surface area contributed by atoms with Crippen molar-refractivity contribution in [1.29, 1.82) is 0 Å². The van der Waals surface area contributed by atoms with Crippen LogP contribution in [0.25, 0.3) is 0 Å². The fourth-order valence-corrected chi connectivity index (χ4v) is 0.622. The second-order valence-electron chi connectivity index (χ2n) is 3.02. The molecule has 0 aliphatic rings. The number of rotatable bonds is 6. The molecule has 1 N–H and O–H groups in total. The summed E-state index contributed by atoms with van der Waals surface area (Å²) in [6.07, 6.45) is 1.84. The average Bonchev–Trinajstić information content (AvgIpc) is 2.03. The third kappa shape index (κ3) is 5.52. The first kappa shape index (κ1) is 11.9. The van der Waals surface area contributed by atoms with Crippen LogP contribution >= 0.6 is 0 Å². The summed E-state index contributed by atoms with van der Waals surface area (Å²) in [5, 5.41) is 9.21. The Morgan fingerprint density at radius 1 is 1.00 bits per heavy atom. The topological polar surface area (TPSA) is 38.7 Å². The minimum atomic E-state index is -1.07. The van der Waals surface area contributed by atoms with E-state index in [4.69, 9.17) is 9.47 Å². The zero-order chi connectivity index (χ0) is 9.56. The molecular weight excluding hydrogens is 156 g/mol. The molecule has 0 rings (SSSR count). The molecule has 0 bridgehead atoms. The molecule has 3 heteroatoms. The number of hydrogen-bond acceptors (Lipinski definition) is 3. The molecule has 0 aliphatic heterocycles. The maximum Gasteiger partial charge on any atom is 0.269 e. The van der Waals surface area contributed by atoms with E-state index in [9.17, 15) is 5.11 Å². The van der Waals surface area contributed by atoms with Gasteiger partial charge in [0.2, 0.25) is 0 Å². The lowest BCUT2D eigenvalue weighted by Gasteiger charge is -2.20. The minimum absolute atomic E-state index is 0.0454. The van der Waals surface area contributed by atoms with Crippen molar-refractivity contribution >= 4 is 0 Å². The van der Waals surface area contributed by atoms with Crippen LogP contribution in [-0.4, -0.2) is 23.8 Å². The first-order chi connectivity index (χ1) is 5.60. The summed E-state index contributed by atoms with van der Waals surface area (Å²) in [6.45, 7) is 6.74. The van der Waals surface area contributed by atoms with Crippen LogP contribution in [0, 0.1) is 0 Å². The molecule has 0 saturated carbocycles. The summed E-state index contributed by atoms with van der Waals surface area (Å²) >= 11 is 0. The molecule has 0 fully saturated rings. The second-order valence-corrected chi connectivity index (χ2v) is 3.02. The Labute approximate surface area is 74.7 Å². The van der Waals surface area contributed by atoms with Crippen LogP contribution < -0.4 is 0 Å². The first-order valence-electron chi connectivity index (χ1n) is 4.59. The molecule has 0 aromatic rings. The molecule has 0 amide bonds. The molecule has 0 heterocycles. The van der Waals surface area contributed by atoms with Gasteiger partial charge in [0, 0.05) is 0 Å². The molecule has 0 radical (unpaired) electrons. The van der Waals surface area contributed by atoms with Gasteiger partial charge in [0.15, 0.2) is 0 Å². The van der Waals surface area contributed by atoms with Crippen molar-refractivity contribution in [2.24, 2.45) is 0 Å². The van der Waals surface area contributed by atoms with Crippen LogP contribution in [0.1, 0.15) is 40.5 Å². The molecular formula is C9H20O3. The van der Waals surface area contributed by atoms with E-state index in [0.717, 1.165) is 12.8 Å². The van der Waals surface area contributed by atoms with Crippen LogP contribution in [0.15, 0.2) is 0 Å². The lowest BCUT2D eigenvalue weighted by atomic mass is 10.3. The van der Waals surface area contributed by atoms with Gasteiger partial charge in [-0.3, -0.25) is 0 Å². The van der Waals surface area contributed by atoms with Crippen molar-refractivity contribution in [3.8, 4) is 0 Å². The van der Waals surface area contributed by atoms with Crippen LogP contribution in [0.2, 0.25) is 0 Å². The Kier molecular flexibility index (Phi) is 6.34. The lowest BCUT2D eigenvalue weighted by molar-refractivity contribution is -0.294. The van der Waals surface area contributed by atoms with Crippen molar-refractivity contribution in [3.63, 3.8) is 0 Å². The third-order valence-electron chi connectivity index (χ3n) is 1.85. The van der Waals surface area contributed by atoms with Gasteiger partial charge in [-0.2, -0.15) is 0 Å². The van der Waals surface area contributed by atoms with Crippen molar-refractivity contribution in [3.05, 3.63) is 0 Å². The standard InChI is InChI=1S/C9H20O3/c1-5-7(3)11-9(10)12-8(4)6-2/h7-10H,5-6H2,1-4H3. The summed E-state index contributed by atoms with van der Waals surface area (Å²) in [6, 6.07) is 0. The number of hydrogen-bond donors (Lipinski definition) is 1. The summed E-state index contributed by atoms with van der Waals surface area (Å²) in [5.74, 6) is 0. The molecule has 0 spiro atoms.